The van der Waals surface area contributed by atoms with E-state index in [4.69, 9.17) is 0 Å². The number of fused-ring (bicyclic) bond motifs is 1. The molecule has 0 radical (unpaired) electrons. The summed E-state index contributed by atoms with van der Waals surface area (Å²) in [5.41, 5.74) is 0.787. The molecule has 1 amide bonds. The second-order valence-electron chi connectivity index (χ2n) is 5.93. The van der Waals surface area contributed by atoms with Crippen LogP contribution in [0.3, 0.4) is 0 Å². The second-order valence-corrected chi connectivity index (χ2v) is 7.17. The third-order valence-electron chi connectivity index (χ3n) is 4.44. The monoisotopic (exact) mass is 398 g/mol. The van der Waals surface area contributed by atoms with E-state index in [1.807, 2.05) is 24.3 Å². The molecular formula is C16H19IN2O2. The third kappa shape index (κ3) is 3.63. The van der Waals surface area contributed by atoms with E-state index >= 15 is 0 Å². The van der Waals surface area contributed by atoms with Crippen molar-refractivity contribution in [2.75, 3.05) is 19.6 Å². The summed E-state index contributed by atoms with van der Waals surface area (Å²) in [5.74, 6) is 0.866. The Morgan fingerprint density at radius 3 is 2.81 bits per heavy atom. The Labute approximate surface area is 138 Å². The lowest BCUT2D eigenvalue weighted by molar-refractivity contribution is -0.125. The van der Waals surface area contributed by atoms with E-state index in [1.165, 1.54) is 0 Å². The summed E-state index contributed by atoms with van der Waals surface area (Å²) in [6.07, 6.45) is 2.53. The number of Topliss-reactive ketones (excluding diaryl/α,β-unsaturated/α-hetero) is 1. The molecule has 21 heavy (non-hydrogen) atoms. The van der Waals surface area contributed by atoms with Crippen LogP contribution in [-0.4, -0.2) is 42.3 Å². The first kappa shape index (κ1) is 15.0. The summed E-state index contributed by atoms with van der Waals surface area (Å²) in [7, 11) is 0. The van der Waals surface area contributed by atoms with Gasteiger partial charge in [-0.3, -0.25) is 14.5 Å². The van der Waals surface area contributed by atoms with Crippen LogP contribution in [0.5, 0.6) is 0 Å². The SMILES string of the molecule is O=C1CCC2CN(CC(=O)c3ccc(I)cc3)CCC2N1. The van der Waals surface area contributed by atoms with Gasteiger partial charge in [-0.25, -0.2) is 0 Å². The fourth-order valence-electron chi connectivity index (χ4n) is 3.26. The number of carbonyl (C=O) groups excluding carboxylic acids is 2. The Morgan fingerprint density at radius 1 is 1.29 bits per heavy atom. The molecule has 0 bridgehead atoms. The number of likely N-dealkylation sites (tertiary alicyclic amines) is 1. The van der Waals surface area contributed by atoms with Crippen LogP contribution in [-0.2, 0) is 4.79 Å². The summed E-state index contributed by atoms with van der Waals surface area (Å²) in [5, 5.41) is 3.08. The highest BCUT2D eigenvalue weighted by atomic mass is 127. The first-order valence-corrected chi connectivity index (χ1v) is 8.50. The fraction of sp³-hybridized carbons (Fsp3) is 0.500. The van der Waals surface area contributed by atoms with E-state index < -0.39 is 0 Å². The summed E-state index contributed by atoms with van der Waals surface area (Å²) in [6.45, 7) is 2.29. The average Bonchev–Trinajstić information content (AvgIpc) is 2.48. The van der Waals surface area contributed by atoms with E-state index in [2.05, 4.69) is 32.8 Å². The van der Waals surface area contributed by atoms with Gasteiger partial charge in [-0.1, -0.05) is 12.1 Å². The molecule has 1 aromatic carbocycles. The van der Waals surface area contributed by atoms with Gasteiger partial charge >= 0.3 is 0 Å². The summed E-state index contributed by atoms with van der Waals surface area (Å²) in [6, 6.07) is 8.05. The van der Waals surface area contributed by atoms with Crippen LogP contribution >= 0.6 is 22.6 Å². The van der Waals surface area contributed by atoms with Crippen LogP contribution in [0.25, 0.3) is 0 Å². The number of nitrogens with one attached hydrogen (secondary N) is 1. The lowest BCUT2D eigenvalue weighted by Gasteiger charge is -2.41. The zero-order valence-corrected chi connectivity index (χ0v) is 14.0. The third-order valence-corrected chi connectivity index (χ3v) is 5.16. The molecule has 2 saturated heterocycles. The summed E-state index contributed by atoms with van der Waals surface area (Å²) >= 11 is 2.24. The van der Waals surface area contributed by atoms with Gasteiger partial charge in [0.05, 0.1) is 6.54 Å². The van der Waals surface area contributed by atoms with Crippen LogP contribution in [0, 0.1) is 9.49 Å². The Morgan fingerprint density at radius 2 is 2.05 bits per heavy atom. The van der Waals surface area contributed by atoms with Gasteiger partial charge in [0.15, 0.2) is 5.78 Å². The number of nitrogens with zero attached hydrogens (tertiary/aromatic N) is 1. The van der Waals surface area contributed by atoms with E-state index in [0.29, 0.717) is 24.9 Å². The molecule has 0 aliphatic carbocycles. The Balaban J connectivity index is 1.57. The van der Waals surface area contributed by atoms with Gasteiger partial charge in [-0.05, 0) is 53.5 Å². The van der Waals surface area contributed by atoms with Crippen molar-refractivity contribution in [3.8, 4) is 0 Å². The van der Waals surface area contributed by atoms with E-state index in [0.717, 1.165) is 35.1 Å². The van der Waals surface area contributed by atoms with Gasteiger partial charge in [0.2, 0.25) is 5.91 Å². The first-order chi connectivity index (χ1) is 10.1. The van der Waals surface area contributed by atoms with Crippen LogP contribution in [0.15, 0.2) is 24.3 Å². The highest BCUT2D eigenvalue weighted by Gasteiger charge is 2.34. The number of carbonyl (C=O) groups is 2. The summed E-state index contributed by atoms with van der Waals surface area (Å²) in [4.78, 5) is 26.0. The topological polar surface area (TPSA) is 49.4 Å². The van der Waals surface area contributed by atoms with Gasteiger partial charge in [0, 0.05) is 34.7 Å². The van der Waals surface area contributed by atoms with Crippen LogP contribution in [0.1, 0.15) is 29.6 Å². The number of ketones is 1. The molecule has 0 saturated carbocycles. The standard InChI is InChI=1S/C16H19IN2O2/c17-13-4-1-11(2-5-13)15(20)10-19-8-7-14-12(9-19)3-6-16(21)18-14/h1-2,4-5,12,14H,3,6-10H2,(H,18,21). The van der Waals surface area contributed by atoms with E-state index in [-0.39, 0.29) is 11.7 Å². The average molecular weight is 398 g/mol. The van der Waals surface area contributed by atoms with Gasteiger partial charge in [-0.2, -0.15) is 0 Å². The highest BCUT2D eigenvalue weighted by Crippen LogP contribution is 2.25. The second kappa shape index (κ2) is 6.44. The van der Waals surface area contributed by atoms with E-state index in [1.54, 1.807) is 0 Å². The minimum Gasteiger partial charge on any atom is -0.353 e. The molecule has 1 aromatic rings. The fourth-order valence-corrected chi connectivity index (χ4v) is 3.62. The zero-order valence-electron chi connectivity index (χ0n) is 11.8. The molecule has 2 fully saturated rings. The molecule has 2 atom stereocenters. The van der Waals surface area contributed by atoms with Crippen molar-refractivity contribution in [1.29, 1.82) is 0 Å². The van der Waals surface area contributed by atoms with Crippen molar-refractivity contribution >= 4 is 34.3 Å². The Bertz CT molecular complexity index is 544. The quantitative estimate of drug-likeness (QED) is 0.627. The molecular weight excluding hydrogens is 379 g/mol. The van der Waals surface area contributed by atoms with Crippen molar-refractivity contribution < 1.29 is 9.59 Å². The lowest BCUT2D eigenvalue weighted by Crippen LogP contribution is -2.54. The summed E-state index contributed by atoms with van der Waals surface area (Å²) < 4.78 is 1.14. The largest absolute Gasteiger partial charge is 0.353 e. The van der Waals surface area contributed by atoms with Crippen molar-refractivity contribution in [2.45, 2.75) is 25.3 Å². The molecule has 2 aliphatic rings. The maximum absolute atomic E-state index is 12.3. The van der Waals surface area contributed by atoms with Crippen molar-refractivity contribution in [3.05, 3.63) is 33.4 Å². The van der Waals surface area contributed by atoms with Crippen LogP contribution in [0.4, 0.5) is 0 Å². The van der Waals surface area contributed by atoms with Crippen molar-refractivity contribution in [2.24, 2.45) is 5.92 Å². The number of hydrogen-bond donors (Lipinski definition) is 1. The predicted octanol–water partition coefficient (Wildman–Crippen LogP) is 2.07. The van der Waals surface area contributed by atoms with Crippen LogP contribution in [0.2, 0.25) is 0 Å². The normalized spacial score (nSPS) is 26.0. The molecule has 1 N–H and O–H groups in total. The number of piperidine rings is 2. The number of rotatable bonds is 3. The molecule has 0 aromatic heterocycles. The minimum absolute atomic E-state index is 0.180. The Hall–Kier alpha value is -0.950. The van der Waals surface area contributed by atoms with Crippen LogP contribution < -0.4 is 5.32 Å². The molecule has 3 rings (SSSR count). The maximum Gasteiger partial charge on any atom is 0.220 e. The van der Waals surface area contributed by atoms with Crippen molar-refractivity contribution in [1.82, 2.24) is 10.2 Å². The predicted molar refractivity (Wildman–Crippen MR) is 89.2 cm³/mol. The number of hydrogen-bond acceptors (Lipinski definition) is 3. The lowest BCUT2D eigenvalue weighted by atomic mass is 9.85. The zero-order chi connectivity index (χ0) is 14.8. The number of halogens is 1. The number of amides is 1. The molecule has 4 nitrogen and oxygen atoms in total. The molecule has 2 heterocycles. The van der Waals surface area contributed by atoms with E-state index in [9.17, 15) is 9.59 Å². The molecule has 2 unspecified atom stereocenters. The van der Waals surface area contributed by atoms with Gasteiger partial charge < -0.3 is 5.32 Å². The smallest absolute Gasteiger partial charge is 0.220 e. The first-order valence-electron chi connectivity index (χ1n) is 7.42. The molecule has 0 spiro atoms. The van der Waals surface area contributed by atoms with Crippen molar-refractivity contribution in [3.63, 3.8) is 0 Å². The maximum atomic E-state index is 12.3. The van der Waals surface area contributed by atoms with Gasteiger partial charge in [-0.15, -0.1) is 0 Å². The minimum atomic E-state index is 0.180. The molecule has 2 aliphatic heterocycles. The molecule has 112 valence electrons. The van der Waals surface area contributed by atoms with Gasteiger partial charge in [0.25, 0.3) is 0 Å². The molecule has 5 heteroatoms. The highest BCUT2D eigenvalue weighted by molar-refractivity contribution is 14.1. The number of benzene rings is 1. The van der Waals surface area contributed by atoms with Gasteiger partial charge in [0.1, 0.15) is 0 Å². The Kier molecular flexibility index (Phi) is 4.59.